The van der Waals surface area contributed by atoms with Gasteiger partial charge in [-0.3, -0.25) is 10.8 Å². The first kappa shape index (κ1) is 27.8. The van der Waals surface area contributed by atoms with E-state index >= 15 is 0 Å². The van der Waals surface area contributed by atoms with E-state index in [2.05, 4.69) is 17.6 Å². The van der Waals surface area contributed by atoms with Gasteiger partial charge >= 0.3 is 0 Å². The number of guanidine groups is 2. The first-order valence-electron chi connectivity index (χ1n) is 12.6. The Morgan fingerprint density at radius 1 is 0.714 bits per heavy atom. The molecule has 0 saturated heterocycles. The topological polar surface area (TPSA) is 142 Å². The normalized spacial score (nSPS) is 11.5. The smallest absolute Gasteiger partial charge is 0.241 e. The molecule has 2 aromatic carbocycles. The highest BCUT2D eigenvalue weighted by atomic mass is 16.7. The number of unbranched alkanes of at least 4 members (excludes halogenated alkanes) is 5. The predicted molar refractivity (Wildman–Crippen MR) is 143 cm³/mol. The van der Waals surface area contributed by atoms with Gasteiger partial charge < -0.3 is 31.6 Å². The lowest BCUT2D eigenvalue weighted by atomic mass is 10.1. The molecule has 0 atom stereocenters. The Morgan fingerprint density at radius 3 is 1.57 bits per heavy atom. The van der Waals surface area contributed by atoms with E-state index in [1.807, 2.05) is 48.5 Å². The van der Waals surface area contributed by atoms with Crippen LogP contribution in [-0.2, 0) is 12.8 Å². The van der Waals surface area contributed by atoms with Crippen LogP contribution in [0.1, 0.15) is 63.0 Å². The van der Waals surface area contributed by atoms with Crippen molar-refractivity contribution in [1.82, 2.24) is 10.6 Å². The molecule has 35 heavy (non-hydrogen) atoms. The lowest BCUT2D eigenvalue weighted by Crippen LogP contribution is -2.31. The molecule has 0 radical (unpaired) electrons. The van der Waals surface area contributed by atoms with Crippen molar-refractivity contribution in [2.24, 2.45) is 11.5 Å². The molecule has 0 aliphatic rings. The molecular formula is C27H42N6O2. The maximum absolute atomic E-state index is 7.24. The summed E-state index contributed by atoms with van der Waals surface area (Å²) >= 11 is 0. The number of hydrogen-bond donors (Lipinski definition) is 6. The molecule has 2 rings (SSSR count). The second-order valence-corrected chi connectivity index (χ2v) is 8.69. The van der Waals surface area contributed by atoms with E-state index in [-0.39, 0.29) is 18.2 Å². The van der Waals surface area contributed by atoms with E-state index in [1.165, 1.54) is 32.1 Å². The van der Waals surface area contributed by atoms with Crippen molar-refractivity contribution >= 4 is 11.9 Å². The van der Waals surface area contributed by atoms with E-state index in [9.17, 15) is 0 Å². The van der Waals surface area contributed by atoms with E-state index in [0.717, 1.165) is 48.3 Å². The molecule has 0 fully saturated rings. The molecular weight excluding hydrogens is 440 g/mol. The van der Waals surface area contributed by atoms with Gasteiger partial charge in [-0.1, -0.05) is 63.3 Å². The summed E-state index contributed by atoms with van der Waals surface area (Å²) in [4.78, 5) is 0. The number of nitrogens with two attached hydrogens (primary N) is 2. The number of nitrogens with one attached hydrogen (secondary N) is 4. The molecule has 8 heteroatoms. The highest BCUT2D eigenvalue weighted by Gasteiger charge is 2.13. The monoisotopic (exact) mass is 482 g/mol. The Balaban J connectivity index is 1.92. The minimum atomic E-state index is -0.364. The highest BCUT2D eigenvalue weighted by Crippen LogP contribution is 2.21. The molecule has 0 saturated carbocycles. The first-order chi connectivity index (χ1) is 17.0. The van der Waals surface area contributed by atoms with Crippen molar-refractivity contribution in [3.63, 3.8) is 0 Å². The lowest BCUT2D eigenvalue weighted by molar-refractivity contribution is -0.00248. The van der Waals surface area contributed by atoms with E-state index in [0.29, 0.717) is 13.1 Å². The van der Waals surface area contributed by atoms with Crippen molar-refractivity contribution in [2.45, 2.75) is 71.0 Å². The van der Waals surface area contributed by atoms with E-state index in [4.69, 9.17) is 31.8 Å². The molecule has 0 unspecified atom stereocenters. The Bertz CT molecular complexity index is 805. The summed E-state index contributed by atoms with van der Waals surface area (Å²) < 4.78 is 12.5. The zero-order valence-electron chi connectivity index (χ0n) is 20.9. The number of benzene rings is 2. The first-order valence-corrected chi connectivity index (χ1v) is 12.6. The van der Waals surface area contributed by atoms with Crippen LogP contribution in [0.5, 0.6) is 11.5 Å². The van der Waals surface area contributed by atoms with Crippen LogP contribution < -0.4 is 31.6 Å². The fourth-order valence-electron chi connectivity index (χ4n) is 3.69. The number of hydrogen-bond acceptors (Lipinski definition) is 4. The van der Waals surface area contributed by atoms with Gasteiger partial charge in [0.1, 0.15) is 11.5 Å². The van der Waals surface area contributed by atoms with Gasteiger partial charge in [-0.15, -0.1) is 0 Å². The average Bonchev–Trinajstić information content (AvgIpc) is 2.83. The lowest BCUT2D eigenvalue weighted by Gasteiger charge is -2.21. The van der Waals surface area contributed by atoms with Crippen LogP contribution in [0.15, 0.2) is 48.5 Å². The van der Waals surface area contributed by atoms with Gasteiger partial charge in [-0.25, -0.2) is 0 Å². The van der Waals surface area contributed by atoms with E-state index < -0.39 is 0 Å². The van der Waals surface area contributed by atoms with Crippen LogP contribution in [0, 0.1) is 10.8 Å². The zero-order chi connectivity index (χ0) is 25.3. The van der Waals surface area contributed by atoms with Crippen molar-refractivity contribution < 1.29 is 9.47 Å². The maximum Gasteiger partial charge on any atom is 0.241 e. The third kappa shape index (κ3) is 12.6. The summed E-state index contributed by atoms with van der Waals surface area (Å²) in [6.45, 7) is 3.48. The van der Waals surface area contributed by atoms with Gasteiger partial charge in [0.2, 0.25) is 6.29 Å². The van der Waals surface area contributed by atoms with Crippen LogP contribution in [0.25, 0.3) is 0 Å². The molecule has 192 valence electrons. The molecule has 0 bridgehead atoms. The molecule has 0 amide bonds. The summed E-state index contributed by atoms with van der Waals surface area (Å²) in [7, 11) is 0. The predicted octanol–water partition coefficient (Wildman–Crippen LogP) is 4.27. The molecule has 0 aromatic heterocycles. The molecule has 0 heterocycles. The van der Waals surface area contributed by atoms with Crippen molar-refractivity contribution in [2.75, 3.05) is 13.1 Å². The van der Waals surface area contributed by atoms with Crippen molar-refractivity contribution in [1.29, 1.82) is 10.8 Å². The quantitative estimate of drug-likeness (QED) is 0.0860. The third-order valence-electron chi connectivity index (χ3n) is 5.63. The van der Waals surface area contributed by atoms with Crippen LogP contribution >= 0.6 is 0 Å². The van der Waals surface area contributed by atoms with Crippen LogP contribution in [-0.4, -0.2) is 31.3 Å². The minimum Gasteiger partial charge on any atom is -0.455 e. The van der Waals surface area contributed by atoms with Gasteiger partial charge in [0, 0.05) is 19.5 Å². The Kier molecular flexibility index (Phi) is 12.9. The summed E-state index contributed by atoms with van der Waals surface area (Å²) in [6.07, 6.45) is 9.31. The van der Waals surface area contributed by atoms with Crippen LogP contribution in [0.3, 0.4) is 0 Å². The number of rotatable bonds is 17. The molecule has 0 spiro atoms. The number of ether oxygens (including phenoxy) is 2. The Morgan fingerprint density at radius 2 is 1.14 bits per heavy atom. The summed E-state index contributed by atoms with van der Waals surface area (Å²) in [5, 5.41) is 20.1. The fraction of sp³-hybridized carbons (Fsp3) is 0.481. The molecule has 0 aliphatic carbocycles. The molecule has 8 nitrogen and oxygen atoms in total. The average molecular weight is 483 g/mol. The molecule has 8 N–H and O–H groups in total. The van der Waals surface area contributed by atoms with Crippen molar-refractivity contribution in [3.8, 4) is 11.5 Å². The zero-order valence-corrected chi connectivity index (χ0v) is 20.9. The van der Waals surface area contributed by atoms with E-state index in [1.54, 1.807) is 0 Å². The third-order valence-corrected chi connectivity index (χ3v) is 5.63. The van der Waals surface area contributed by atoms with Crippen LogP contribution in [0.2, 0.25) is 0 Å². The summed E-state index contributed by atoms with van der Waals surface area (Å²) in [6, 6.07) is 16.0. The SMILES string of the molecule is CCCCCCCCC(Oc1ccc(CCNC(=N)N)cc1)Oc1ccc(CCNC(=N)N)cc1. The molecule has 2 aromatic rings. The Hall–Kier alpha value is -3.42. The summed E-state index contributed by atoms with van der Waals surface area (Å²) in [5.41, 5.74) is 13.0. The van der Waals surface area contributed by atoms with Gasteiger partial charge in [-0.05, 0) is 54.7 Å². The van der Waals surface area contributed by atoms with Gasteiger partial charge in [0.15, 0.2) is 11.9 Å². The highest BCUT2D eigenvalue weighted by molar-refractivity contribution is 5.74. The van der Waals surface area contributed by atoms with Gasteiger partial charge in [0.05, 0.1) is 0 Å². The largest absolute Gasteiger partial charge is 0.455 e. The fourth-order valence-corrected chi connectivity index (χ4v) is 3.69. The second-order valence-electron chi connectivity index (χ2n) is 8.69. The summed E-state index contributed by atoms with van der Waals surface area (Å²) in [5.74, 6) is 1.52. The second kappa shape index (κ2) is 16.2. The maximum atomic E-state index is 7.24. The Labute approximate surface area is 209 Å². The van der Waals surface area contributed by atoms with Crippen molar-refractivity contribution in [3.05, 3.63) is 59.7 Å². The standard InChI is InChI=1S/C27H42N6O2/c1-2-3-4-5-6-7-8-25(34-23-13-9-21(10-14-23)17-19-32-26(28)29)35-24-15-11-22(12-16-24)18-20-33-27(30)31/h9-16,25H,2-8,17-20H2,1H3,(H4,28,29,32)(H4,30,31,33). The van der Waals surface area contributed by atoms with Gasteiger partial charge in [-0.2, -0.15) is 0 Å². The minimum absolute atomic E-state index is 0.0135. The molecule has 0 aliphatic heterocycles. The van der Waals surface area contributed by atoms with Gasteiger partial charge in [0.25, 0.3) is 0 Å². The van der Waals surface area contributed by atoms with Crippen LogP contribution in [0.4, 0.5) is 0 Å².